The predicted octanol–water partition coefficient (Wildman–Crippen LogP) is 0.600. The Kier molecular flexibility index (Phi) is 6.77. The van der Waals surface area contributed by atoms with Crippen molar-refractivity contribution in [2.75, 3.05) is 6.61 Å². The fourth-order valence-electron chi connectivity index (χ4n) is 0.881. The molecule has 1 rings (SSSR count). The van der Waals surface area contributed by atoms with Crippen molar-refractivity contribution in [2.24, 2.45) is 5.73 Å². The molecule has 0 saturated carbocycles. The van der Waals surface area contributed by atoms with Crippen molar-refractivity contribution in [3.63, 3.8) is 0 Å². The highest BCUT2D eigenvalue weighted by atomic mass is 19.1. The SMILES string of the molecule is CC.N[C@@H](CO)C(O)c1ccc(F)cn1. The average molecular weight is 216 g/mol. The number of aliphatic hydroxyl groups excluding tert-OH is 2. The van der Waals surface area contributed by atoms with Gasteiger partial charge in [-0.25, -0.2) is 4.39 Å². The third-order valence-corrected chi connectivity index (χ3v) is 1.67. The number of aromatic nitrogens is 1. The van der Waals surface area contributed by atoms with Gasteiger partial charge < -0.3 is 15.9 Å². The third kappa shape index (κ3) is 4.33. The number of rotatable bonds is 3. The van der Waals surface area contributed by atoms with Crippen LogP contribution in [-0.4, -0.2) is 27.8 Å². The van der Waals surface area contributed by atoms with E-state index in [0.29, 0.717) is 0 Å². The first-order valence-electron chi connectivity index (χ1n) is 4.81. The molecule has 0 saturated heterocycles. The van der Waals surface area contributed by atoms with Gasteiger partial charge in [-0.1, -0.05) is 13.8 Å². The van der Waals surface area contributed by atoms with Gasteiger partial charge in [-0.05, 0) is 12.1 Å². The number of halogens is 1. The molecule has 0 aromatic carbocycles. The standard InChI is InChI=1S/C8H11FN2O2.C2H6/c9-5-1-2-7(11-3-5)8(13)6(10)4-12;1-2/h1-3,6,8,12-13H,4,10H2;1-2H3/t6-,8?;/m0./s1. The minimum Gasteiger partial charge on any atom is -0.395 e. The van der Waals surface area contributed by atoms with E-state index in [1.165, 1.54) is 12.1 Å². The van der Waals surface area contributed by atoms with Gasteiger partial charge in [0.05, 0.1) is 24.5 Å². The van der Waals surface area contributed by atoms with Crippen molar-refractivity contribution in [2.45, 2.75) is 26.0 Å². The smallest absolute Gasteiger partial charge is 0.141 e. The molecule has 15 heavy (non-hydrogen) atoms. The van der Waals surface area contributed by atoms with Crippen LogP contribution in [0.25, 0.3) is 0 Å². The molecule has 1 aromatic rings. The average Bonchev–Trinajstić information content (AvgIpc) is 2.31. The summed E-state index contributed by atoms with van der Waals surface area (Å²) in [6.45, 7) is 3.65. The monoisotopic (exact) mass is 216 g/mol. The van der Waals surface area contributed by atoms with Crippen molar-refractivity contribution in [3.8, 4) is 0 Å². The Morgan fingerprint density at radius 2 is 2.07 bits per heavy atom. The molecule has 0 radical (unpaired) electrons. The molecular weight excluding hydrogens is 199 g/mol. The fraction of sp³-hybridized carbons (Fsp3) is 0.500. The van der Waals surface area contributed by atoms with Crippen molar-refractivity contribution in [1.82, 2.24) is 4.98 Å². The van der Waals surface area contributed by atoms with Crippen LogP contribution in [0.5, 0.6) is 0 Å². The molecule has 0 bridgehead atoms. The van der Waals surface area contributed by atoms with Gasteiger partial charge in [0, 0.05) is 0 Å². The number of nitrogens with zero attached hydrogens (tertiary/aromatic N) is 1. The van der Waals surface area contributed by atoms with E-state index < -0.39 is 18.0 Å². The molecular formula is C10H17FN2O2. The van der Waals surface area contributed by atoms with Crippen LogP contribution < -0.4 is 5.73 Å². The molecule has 0 fully saturated rings. The molecule has 1 unspecified atom stereocenters. The van der Waals surface area contributed by atoms with E-state index in [-0.39, 0.29) is 12.3 Å². The van der Waals surface area contributed by atoms with Crippen LogP contribution in [-0.2, 0) is 0 Å². The molecule has 0 aliphatic carbocycles. The van der Waals surface area contributed by atoms with Gasteiger partial charge >= 0.3 is 0 Å². The molecule has 0 aliphatic rings. The molecule has 86 valence electrons. The second-order valence-electron chi connectivity index (χ2n) is 2.69. The van der Waals surface area contributed by atoms with Crippen molar-refractivity contribution < 1.29 is 14.6 Å². The molecule has 1 aromatic heterocycles. The van der Waals surface area contributed by atoms with Crippen LogP contribution >= 0.6 is 0 Å². The summed E-state index contributed by atoms with van der Waals surface area (Å²) in [5, 5.41) is 18.0. The maximum Gasteiger partial charge on any atom is 0.141 e. The Labute approximate surface area is 88.6 Å². The fourth-order valence-corrected chi connectivity index (χ4v) is 0.881. The minimum absolute atomic E-state index is 0.253. The molecule has 5 heteroatoms. The van der Waals surface area contributed by atoms with Crippen LogP contribution in [0.2, 0.25) is 0 Å². The Morgan fingerprint density at radius 3 is 2.47 bits per heavy atom. The molecule has 0 spiro atoms. The number of pyridine rings is 1. The van der Waals surface area contributed by atoms with Gasteiger partial charge in [0.1, 0.15) is 11.9 Å². The van der Waals surface area contributed by atoms with Crippen LogP contribution in [0.3, 0.4) is 0 Å². The Bertz CT molecular complexity index is 267. The lowest BCUT2D eigenvalue weighted by Gasteiger charge is -2.15. The van der Waals surface area contributed by atoms with E-state index in [1.807, 2.05) is 13.8 Å². The summed E-state index contributed by atoms with van der Waals surface area (Å²) in [4.78, 5) is 3.63. The van der Waals surface area contributed by atoms with E-state index in [9.17, 15) is 9.50 Å². The van der Waals surface area contributed by atoms with E-state index in [0.717, 1.165) is 6.20 Å². The summed E-state index contributed by atoms with van der Waals surface area (Å²) in [6.07, 6.45) is -0.0755. The molecule has 2 atom stereocenters. The zero-order valence-electron chi connectivity index (χ0n) is 8.89. The Hall–Kier alpha value is -1.04. The maximum absolute atomic E-state index is 12.4. The third-order valence-electron chi connectivity index (χ3n) is 1.67. The normalized spacial score (nSPS) is 13.7. The van der Waals surface area contributed by atoms with E-state index in [4.69, 9.17) is 10.8 Å². The lowest BCUT2D eigenvalue weighted by Crippen LogP contribution is -2.32. The number of hydrogen-bond acceptors (Lipinski definition) is 4. The topological polar surface area (TPSA) is 79.4 Å². The quantitative estimate of drug-likeness (QED) is 0.691. The zero-order valence-corrected chi connectivity index (χ0v) is 8.89. The second kappa shape index (κ2) is 7.28. The second-order valence-corrected chi connectivity index (χ2v) is 2.69. The highest BCUT2D eigenvalue weighted by molar-refractivity contribution is 5.09. The maximum atomic E-state index is 12.4. The highest BCUT2D eigenvalue weighted by Gasteiger charge is 2.16. The van der Waals surface area contributed by atoms with Crippen molar-refractivity contribution in [1.29, 1.82) is 0 Å². The lowest BCUT2D eigenvalue weighted by atomic mass is 10.1. The number of nitrogens with two attached hydrogens (primary N) is 1. The molecule has 0 aliphatic heterocycles. The molecule has 4 nitrogen and oxygen atoms in total. The summed E-state index contributed by atoms with van der Waals surface area (Å²) in [5.41, 5.74) is 5.61. The van der Waals surface area contributed by atoms with E-state index in [1.54, 1.807) is 0 Å². The van der Waals surface area contributed by atoms with Crippen LogP contribution in [0, 0.1) is 5.82 Å². The van der Waals surface area contributed by atoms with Crippen LogP contribution in [0.1, 0.15) is 25.6 Å². The lowest BCUT2D eigenvalue weighted by molar-refractivity contribution is 0.106. The van der Waals surface area contributed by atoms with Gasteiger partial charge in [0.2, 0.25) is 0 Å². The Balaban J connectivity index is 0.000000921. The summed E-state index contributed by atoms with van der Waals surface area (Å²) in [7, 11) is 0. The van der Waals surface area contributed by atoms with Gasteiger partial charge in [0.25, 0.3) is 0 Å². The number of aliphatic hydroxyl groups is 2. The van der Waals surface area contributed by atoms with Crippen LogP contribution in [0.15, 0.2) is 18.3 Å². The minimum atomic E-state index is -1.06. The van der Waals surface area contributed by atoms with Crippen molar-refractivity contribution >= 4 is 0 Å². The molecule has 4 N–H and O–H groups in total. The number of hydrogen-bond donors (Lipinski definition) is 3. The summed E-state index contributed by atoms with van der Waals surface area (Å²) >= 11 is 0. The Morgan fingerprint density at radius 1 is 1.47 bits per heavy atom. The van der Waals surface area contributed by atoms with Gasteiger partial charge in [-0.3, -0.25) is 4.98 Å². The van der Waals surface area contributed by atoms with Gasteiger partial charge in [-0.15, -0.1) is 0 Å². The highest BCUT2D eigenvalue weighted by Crippen LogP contribution is 2.12. The first-order valence-corrected chi connectivity index (χ1v) is 4.81. The van der Waals surface area contributed by atoms with Crippen molar-refractivity contribution in [3.05, 3.63) is 29.8 Å². The summed E-state index contributed by atoms with van der Waals surface area (Å²) in [5.74, 6) is -0.478. The first kappa shape index (κ1) is 14.0. The molecule has 0 amide bonds. The van der Waals surface area contributed by atoms with Gasteiger partial charge in [-0.2, -0.15) is 0 Å². The van der Waals surface area contributed by atoms with Crippen LogP contribution in [0.4, 0.5) is 4.39 Å². The van der Waals surface area contributed by atoms with Gasteiger partial charge in [0.15, 0.2) is 0 Å². The first-order chi connectivity index (χ1) is 7.15. The largest absolute Gasteiger partial charge is 0.395 e. The zero-order chi connectivity index (χ0) is 11.8. The molecule has 1 heterocycles. The van der Waals surface area contributed by atoms with E-state index >= 15 is 0 Å². The summed E-state index contributed by atoms with van der Waals surface area (Å²) < 4.78 is 12.4. The van der Waals surface area contributed by atoms with E-state index in [2.05, 4.69) is 4.98 Å². The predicted molar refractivity (Wildman–Crippen MR) is 55.6 cm³/mol. The summed E-state index contributed by atoms with van der Waals surface area (Å²) in [6, 6.07) is 1.71.